The van der Waals surface area contributed by atoms with Crippen LogP contribution in [0, 0.1) is 0 Å². The van der Waals surface area contributed by atoms with Gasteiger partial charge >= 0.3 is 0 Å². The Morgan fingerprint density at radius 3 is 1.14 bits per heavy atom. The molecule has 1 amide bonds. The summed E-state index contributed by atoms with van der Waals surface area (Å²) in [5, 5.41) is 13.9. The molecule has 0 spiro atoms. The summed E-state index contributed by atoms with van der Waals surface area (Å²) in [4.78, 5) is 25.5. The molecule has 0 saturated carbocycles. The van der Waals surface area contributed by atoms with Gasteiger partial charge in [-0.05, 0) is 70.6 Å². The van der Waals surface area contributed by atoms with Gasteiger partial charge in [0.2, 0.25) is 5.91 Å². The fraction of sp³-hybridized carbons (Fsp3) is 0.838. The normalized spacial score (nSPS) is 14.1. The third-order valence-corrected chi connectivity index (χ3v) is 15.9. The molecule has 3 unspecified atom stereocenters. The number of nitrogens with zero attached hydrogens (tertiary/aromatic N) is 1. The van der Waals surface area contributed by atoms with Gasteiger partial charge in [-0.15, -0.1) is 0 Å². The Bertz CT molecular complexity index is 1440. The highest BCUT2D eigenvalue weighted by molar-refractivity contribution is 7.45. The van der Waals surface area contributed by atoms with Crippen molar-refractivity contribution in [2.75, 3.05) is 40.9 Å². The van der Waals surface area contributed by atoms with Crippen molar-refractivity contribution in [3.05, 3.63) is 60.8 Å². The Kier molecular flexibility index (Phi) is 57.5. The van der Waals surface area contributed by atoms with E-state index in [0.717, 1.165) is 51.4 Å². The zero-order valence-electron chi connectivity index (χ0n) is 51.7. The van der Waals surface area contributed by atoms with E-state index in [1.807, 2.05) is 27.2 Å². The third kappa shape index (κ3) is 61.7. The minimum atomic E-state index is -4.61. The topological polar surface area (TPSA) is 108 Å². The molecule has 9 heteroatoms. The number of phosphoric ester groups is 1. The molecule has 452 valence electrons. The number of unbranched alkanes of at least 4 members (excludes halogenated alkanes) is 40. The number of hydrogen-bond donors (Lipinski definition) is 2. The van der Waals surface area contributed by atoms with Crippen LogP contribution in [0.1, 0.15) is 316 Å². The van der Waals surface area contributed by atoms with Crippen LogP contribution in [0.5, 0.6) is 0 Å². The highest BCUT2D eigenvalue weighted by Crippen LogP contribution is 2.38. The smallest absolute Gasteiger partial charge is 0.268 e. The van der Waals surface area contributed by atoms with Gasteiger partial charge in [0.1, 0.15) is 13.2 Å². The molecule has 2 N–H and O–H groups in total. The van der Waals surface area contributed by atoms with Crippen molar-refractivity contribution in [1.82, 2.24) is 5.32 Å². The van der Waals surface area contributed by atoms with E-state index in [4.69, 9.17) is 9.05 Å². The number of carbonyl (C=O) groups excluding carboxylic acids is 1. The number of allylic oxidation sites excluding steroid dienone is 9. The van der Waals surface area contributed by atoms with Crippen LogP contribution in [0.15, 0.2) is 60.8 Å². The molecule has 3 atom stereocenters. The number of nitrogens with one attached hydrogen (secondary N) is 1. The molecular weight excluding hydrogens is 972 g/mol. The first-order valence-corrected chi connectivity index (χ1v) is 34.6. The van der Waals surface area contributed by atoms with Crippen molar-refractivity contribution in [2.24, 2.45) is 0 Å². The van der Waals surface area contributed by atoms with E-state index < -0.39 is 26.6 Å². The van der Waals surface area contributed by atoms with Crippen molar-refractivity contribution in [3.8, 4) is 0 Å². The molecule has 0 heterocycles. The lowest BCUT2D eigenvalue weighted by Crippen LogP contribution is -2.45. The van der Waals surface area contributed by atoms with Crippen LogP contribution in [-0.2, 0) is 18.4 Å². The number of hydrogen-bond acceptors (Lipinski definition) is 6. The van der Waals surface area contributed by atoms with Crippen LogP contribution in [0.3, 0.4) is 0 Å². The zero-order valence-corrected chi connectivity index (χ0v) is 52.6. The molecule has 0 rings (SSSR count). The SMILES string of the molecule is CCCCCCC/C=C\C/C=C\C/C=C\CCCCCCCCCCCCCCCCCCCCCCCCC(=O)NC(COP(=O)([O-])OCC[N+](C)(C)C)C(O)/C=C/CC/C=C/CCCCCCCCCCCCCC. The number of phosphoric acid groups is 1. The van der Waals surface area contributed by atoms with Crippen LogP contribution in [0.4, 0.5) is 0 Å². The van der Waals surface area contributed by atoms with Crippen molar-refractivity contribution in [1.29, 1.82) is 0 Å². The third-order valence-electron chi connectivity index (χ3n) is 14.9. The van der Waals surface area contributed by atoms with Gasteiger partial charge in [-0.25, -0.2) is 0 Å². The van der Waals surface area contributed by atoms with Gasteiger partial charge in [-0.2, -0.15) is 0 Å². The van der Waals surface area contributed by atoms with Crippen LogP contribution in [0.25, 0.3) is 0 Å². The second-order valence-corrected chi connectivity index (χ2v) is 25.2. The van der Waals surface area contributed by atoms with Crippen LogP contribution in [-0.4, -0.2) is 68.5 Å². The fourth-order valence-corrected chi connectivity index (χ4v) is 10.5. The van der Waals surface area contributed by atoms with E-state index in [-0.39, 0.29) is 12.5 Å². The van der Waals surface area contributed by atoms with Gasteiger partial charge in [-0.1, -0.05) is 299 Å². The second kappa shape index (κ2) is 58.8. The summed E-state index contributed by atoms with van der Waals surface area (Å²) in [5.41, 5.74) is 0. The van der Waals surface area contributed by atoms with E-state index in [0.29, 0.717) is 17.4 Å². The van der Waals surface area contributed by atoms with Crippen LogP contribution in [0.2, 0.25) is 0 Å². The van der Waals surface area contributed by atoms with Gasteiger partial charge in [-0.3, -0.25) is 9.36 Å². The molecule has 0 aromatic rings. The summed E-state index contributed by atoms with van der Waals surface area (Å²) < 4.78 is 23.4. The number of amides is 1. The molecule has 0 aliphatic carbocycles. The average Bonchev–Trinajstić information content (AvgIpc) is 3.39. The molecule has 0 fully saturated rings. The molecule has 0 aliphatic heterocycles. The Labute approximate surface area is 479 Å². The first-order valence-electron chi connectivity index (χ1n) is 33.2. The maximum Gasteiger partial charge on any atom is 0.268 e. The first kappa shape index (κ1) is 75.2. The van der Waals surface area contributed by atoms with Gasteiger partial charge < -0.3 is 28.8 Å². The molecule has 0 saturated heterocycles. The molecule has 0 radical (unpaired) electrons. The second-order valence-electron chi connectivity index (χ2n) is 23.8. The Morgan fingerprint density at radius 1 is 0.455 bits per heavy atom. The molecule has 0 aliphatic rings. The number of carbonyl (C=O) groups is 1. The maximum absolute atomic E-state index is 13.0. The standard InChI is InChI=1S/C68H129N2O6P/c1-6-8-10-12-14-16-18-20-22-24-26-27-28-29-30-31-32-33-34-35-36-37-38-39-40-41-42-43-44-46-48-50-52-54-56-58-60-62-68(72)69-66(65-76-77(73,74)75-64-63-70(3,4)5)67(71)61-59-57-55-53-51-49-47-45-25-23-21-19-17-15-13-11-9-7-2/h18,20,24,26,28-29,51,53,59,61,66-67,71H,6-17,19,21-23,25,27,30-50,52,54-58,60,62-65H2,1-5H3,(H-,69,72,73,74)/b20-18-,26-24-,29-28-,53-51+,61-59+. The first-order chi connectivity index (χ1) is 37.5. The number of quaternary nitrogens is 1. The quantitative estimate of drug-likeness (QED) is 0.0272. The van der Waals surface area contributed by atoms with E-state index >= 15 is 0 Å². The van der Waals surface area contributed by atoms with Crippen molar-refractivity contribution in [3.63, 3.8) is 0 Å². The highest BCUT2D eigenvalue weighted by atomic mass is 31.2. The molecular formula is C68H129N2O6P. The number of aliphatic hydroxyl groups excluding tert-OH is 1. The van der Waals surface area contributed by atoms with Crippen molar-refractivity contribution in [2.45, 2.75) is 328 Å². The van der Waals surface area contributed by atoms with Gasteiger partial charge in [0.15, 0.2) is 0 Å². The summed E-state index contributed by atoms with van der Waals surface area (Å²) in [5.74, 6) is -0.203. The monoisotopic (exact) mass is 1100 g/mol. The lowest BCUT2D eigenvalue weighted by molar-refractivity contribution is -0.870. The Morgan fingerprint density at radius 2 is 0.766 bits per heavy atom. The van der Waals surface area contributed by atoms with Crippen molar-refractivity contribution < 1.29 is 32.9 Å². The molecule has 8 nitrogen and oxygen atoms in total. The molecule has 0 aromatic heterocycles. The van der Waals surface area contributed by atoms with Crippen molar-refractivity contribution >= 4 is 13.7 Å². The predicted octanol–water partition coefficient (Wildman–Crippen LogP) is 20.2. The van der Waals surface area contributed by atoms with Gasteiger partial charge in [0.25, 0.3) is 7.82 Å². The largest absolute Gasteiger partial charge is 0.756 e. The summed E-state index contributed by atoms with van der Waals surface area (Å²) in [7, 11) is 1.25. The molecule has 77 heavy (non-hydrogen) atoms. The van der Waals surface area contributed by atoms with Gasteiger partial charge in [0.05, 0.1) is 39.9 Å². The van der Waals surface area contributed by atoms with E-state index in [2.05, 4.69) is 67.8 Å². The number of likely N-dealkylation sites (N-methyl/N-ethyl adjacent to an activating group) is 1. The van der Waals surface area contributed by atoms with Gasteiger partial charge in [0, 0.05) is 6.42 Å². The number of aliphatic hydroxyl groups is 1. The Balaban J connectivity index is 4.00. The average molecular weight is 1100 g/mol. The predicted molar refractivity (Wildman–Crippen MR) is 334 cm³/mol. The van der Waals surface area contributed by atoms with E-state index in [1.165, 1.54) is 244 Å². The fourth-order valence-electron chi connectivity index (χ4n) is 9.77. The van der Waals surface area contributed by atoms with E-state index in [9.17, 15) is 19.4 Å². The summed E-state index contributed by atoms with van der Waals surface area (Å²) >= 11 is 0. The molecule has 0 bridgehead atoms. The molecule has 0 aromatic carbocycles. The lowest BCUT2D eigenvalue weighted by Gasteiger charge is -2.29. The summed E-state index contributed by atoms with van der Waals surface area (Å²) in [6, 6.07) is -0.904. The number of rotatable bonds is 61. The Hall–Kier alpha value is -1.80. The maximum atomic E-state index is 13.0. The van der Waals surface area contributed by atoms with E-state index in [1.54, 1.807) is 6.08 Å². The minimum absolute atomic E-state index is 0.00590. The van der Waals surface area contributed by atoms with Crippen LogP contribution >= 0.6 is 7.82 Å². The van der Waals surface area contributed by atoms with Crippen LogP contribution < -0.4 is 10.2 Å². The summed E-state index contributed by atoms with van der Waals surface area (Å²) in [6.07, 6.45) is 80.5. The lowest BCUT2D eigenvalue weighted by atomic mass is 10.0. The minimum Gasteiger partial charge on any atom is -0.756 e. The summed E-state index contributed by atoms with van der Waals surface area (Å²) in [6.45, 7) is 4.65. The zero-order chi connectivity index (χ0) is 56.3. The highest BCUT2D eigenvalue weighted by Gasteiger charge is 2.23.